The van der Waals surface area contributed by atoms with E-state index in [2.05, 4.69) is 37.3 Å². The third-order valence-corrected chi connectivity index (χ3v) is 4.92. The summed E-state index contributed by atoms with van der Waals surface area (Å²) >= 11 is 0. The number of carbonyl (C=O) groups excluding carboxylic acids is 1. The summed E-state index contributed by atoms with van der Waals surface area (Å²) in [6, 6.07) is 8.09. The van der Waals surface area contributed by atoms with Gasteiger partial charge < -0.3 is 19.9 Å². The molecule has 1 aliphatic rings. The molecule has 0 spiro atoms. The van der Waals surface area contributed by atoms with Crippen molar-refractivity contribution in [2.45, 2.75) is 19.4 Å². The van der Waals surface area contributed by atoms with E-state index in [-0.39, 0.29) is 12.0 Å². The third kappa shape index (κ3) is 3.84. The molecular formula is C20H23N5O2. The Bertz CT molecular complexity index is 976. The summed E-state index contributed by atoms with van der Waals surface area (Å²) in [4.78, 5) is 21.0. The second-order valence-electron chi connectivity index (χ2n) is 6.83. The molecule has 3 heterocycles. The number of morpholine rings is 1. The Labute approximate surface area is 157 Å². The van der Waals surface area contributed by atoms with Crippen molar-refractivity contribution in [1.29, 1.82) is 0 Å². The number of aryl methyl sites for hydroxylation is 1. The summed E-state index contributed by atoms with van der Waals surface area (Å²) in [5.74, 6) is 1.43. The number of ether oxygens (including phenoxy) is 1. The number of nitrogens with one attached hydrogen (secondary N) is 2. The number of hydrogen-bond acceptors (Lipinski definition) is 5. The Balaban J connectivity index is 1.53. The lowest BCUT2D eigenvalue weighted by Crippen LogP contribution is -2.40. The van der Waals surface area contributed by atoms with Crippen molar-refractivity contribution in [3.05, 3.63) is 42.5 Å². The number of benzene rings is 1. The largest absolute Gasteiger partial charge is 0.375 e. The predicted octanol–water partition coefficient (Wildman–Crippen LogP) is 2.26. The summed E-state index contributed by atoms with van der Waals surface area (Å²) in [6.45, 7) is 4.16. The van der Waals surface area contributed by atoms with Gasteiger partial charge in [-0.15, -0.1) is 0 Å². The normalized spacial score (nSPS) is 17.2. The van der Waals surface area contributed by atoms with E-state index in [0.29, 0.717) is 25.4 Å². The highest BCUT2D eigenvalue weighted by molar-refractivity contribution is 5.94. The molecule has 1 aliphatic heterocycles. The van der Waals surface area contributed by atoms with E-state index in [0.717, 1.165) is 34.4 Å². The zero-order chi connectivity index (χ0) is 18.8. The van der Waals surface area contributed by atoms with Crippen molar-refractivity contribution in [2.24, 2.45) is 7.05 Å². The van der Waals surface area contributed by atoms with Gasteiger partial charge in [-0.1, -0.05) is 12.1 Å². The van der Waals surface area contributed by atoms with Gasteiger partial charge >= 0.3 is 0 Å². The second-order valence-corrected chi connectivity index (χ2v) is 6.83. The van der Waals surface area contributed by atoms with Crippen molar-refractivity contribution in [3.63, 3.8) is 0 Å². The Kier molecular flexibility index (Phi) is 4.87. The molecule has 4 rings (SSSR count). The predicted molar refractivity (Wildman–Crippen MR) is 105 cm³/mol. The molecule has 0 saturated carbocycles. The maximum absolute atomic E-state index is 12.3. The zero-order valence-electron chi connectivity index (χ0n) is 15.5. The number of rotatable bonds is 4. The van der Waals surface area contributed by atoms with Crippen molar-refractivity contribution >= 4 is 22.5 Å². The van der Waals surface area contributed by atoms with Gasteiger partial charge in [0.2, 0.25) is 5.91 Å². The first-order chi connectivity index (χ1) is 13.1. The summed E-state index contributed by atoms with van der Waals surface area (Å²) < 4.78 is 7.64. The summed E-state index contributed by atoms with van der Waals surface area (Å²) in [5, 5.41) is 8.15. The van der Waals surface area contributed by atoms with Crippen LogP contribution in [0.4, 0.5) is 5.82 Å². The Morgan fingerprint density at radius 1 is 1.30 bits per heavy atom. The first kappa shape index (κ1) is 17.6. The van der Waals surface area contributed by atoms with Crippen LogP contribution in [0.25, 0.3) is 22.0 Å². The van der Waals surface area contributed by atoms with Crippen molar-refractivity contribution in [1.82, 2.24) is 19.9 Å². The molecule has 2 aromatic heterocycles. The van der Waals surface area contributed by atoms with Gasteiger partial charge in [-0.3, -0.25) is 4.79 Å². The Morgan fingerprint density at radius 2 is 2.19 bits per heavy atom. The summed E-state index contributed by atoms with van der Waals surface area (Å²) in [5.41, 5.74) is 2.13. The van der Waals surface area contributed by atoms with Crippen molar-refractivity contribution in [3.8, 4) is 11.3 Å². The number of aromatic nitrogens is 3. The van der Waals surface area contributed by atoms with E-state index in [1.807, 2.05) is 32.3 Å². The standard InChI is InChI=1S/C20H23N5O2/c1-13-22-12-18(25(13)2)14-3-4-15-10-23-19(8-16(15)7-14)24-20(26)9-17-11-21-5-6-27-17/h3-4,7-8,10,12,17,21H,5-6,9,11H2,1-2H3,(H,23,24,26). The smallest absolute Gasteiger partial charge is 0.228 e. The summed E-state index contributed by atoms with van der Waals surface area (Å²) in [7, 11) is 2.00. The van der Waals surface area contributed by atoms with Gasteiger partial charge in [-0.2, -0.15) is 0 Å². The first-order valence-electron chi connectivity index (χ1n) is 9.11. The maximum Gasteiger partial charge on any atom is 0.228 e. The number of anilines is 1. The highest BCUT2D eigenvalue weighted by Gasteiger charge is 2.17. The van der Waals surface area contributed by atoms with Crippen LogP contribution in [0.3, 0.4) is 0 Å². The Morgan fingerprint density at radius 3 is 2.93 bits per heavy atom. The molecule has 0 radical (unpaired) electrons. The SMILES string of the molecule is Cc1ncc(-c2ccc3cnc(NC(=O)CC4CNCCO4)cc3c2)n1C. The van der Waals surface area contributed by atoms with Gasteiger partial charge in [0, 0.05) is 37.3 Å². The number of carbonyl (C=O) groups is 1. The summed E-state index contributed by atoms with van der Waals surface area (Å²) in [6.07, 6.45) is 3.89. The molecule has 1 saturated heterocycles. The van der Waals surface area contributed by atoms with Gasteiger partial charge in [-0.05, 0) is 24.4 Å². The number of imidazole rings is 1. The average molecular weight is 365 g/mol. The van der Waals surface area contributed by atoms with Gasteiger partial charge in [-0.25, -0.2) is 9.97 Å². The third-order valence-electron chi connectivity index (χ3n) is 4.92. The van der Waals surface area contributed by atoms with Crippen LogP contribution in [-0.4, -0.2) is 46.2 Å². The molecule has 27 heavy (non-hydrogen) atoms. The van der Waals surface area contributed by atoms with Crippen LogP contribution in [0, 0.1) is 6.92 Å². The first-order valence-corrected chi connectivity index (χ1v) is 9.11. The van der Waals surface area contributed by atoms with E-state index in [1.54, 1.807) is 6.20 Å². The molecule has 1 unspecified atom stereocenters. The lowest BCUT2D eigenvalue weighted by atomic mass is 10.1. The van der Waals surface area contributed by atoms with E-state index in [4.69, 9.17) is 4.74 Å². The van der Waals surface area contributed by atoms with Crippen LogP contribution in [-0.2, 0) is 16.6 Å². The maximum atomic E-state index is 12.3. The Hall–Kier alpha value is -2.77. The molecule has 2 N–H and O–H groups in total. The van der Waals surface area contributed by atoms with Crippen LogP contribution >= 0.6 is 0 Å². The fourth-order valence-corrected chi connectivity index (χ4v) is 3.29. The molecule has 1 fully saturated rings. The molecule has 140 valence electrons. The monoisotopic (exact) mass is 365 g/mol. The minimum Gasteiger partial charge on any atom is -0.375 e. The topological polar surface area (TPSA) is 81.1 Å². The fourth-order valence-electron chi connectivity index (χ4n) is 3.29. The van der Waals surface area contributed by atoms with Crippen LogP contribution in [0.2, 0.25) is 0 Å². The molecule has 7 heteroatoms. The van der Waals surface area contributed by atoms with Gasteiger partial charge in [0.25, 0.3) is 0 Å². The van der Waals surface area contributed by atoms with Crippen molar-refractivity contribution < 1.29 is 9.53 Å². The minimum absolute atomic E-state index is 0.0844. The van der Waals surface area contributed by atoms with E-state index in [1.165, 1.54) is 0 Å². The van der Waals surface area contributed by atoms with E-state index < -0.39 is 0 Å². The molecular weight excluding hydrogens is 342 g/mol. The quantitative estimate of drug-likeness (QED) is 0.741. The van der Waals surface area contributed by atoms with Gasteiger partial charge in [0.15, 0.2) is 0 Å². The van der Waals surface area contributed by atoms with Crippen LogP contribution in [0.5, 0.6) is 0 Å². The molecule has 1 amide bonds. The number of nitrogens with zero attached hydrogens (tertiary/aromatic N) is 3. The van der Waals surface area contributed by atoms with E-state index in [9.17, 15) is 4.79 Å². The lowest BCUT2D eigenvalue weighted by Gasteiger charge is -2.22. The molecule has 1 atom stereocenters. The molecule has 0 bridgehead atoms. The molecule has 0 aliphatic carbocycles. The van der Waals surface area contributed by atoms with Gasteiger partial charge in [0.1, 0.15) is 11.6 Å². The molecule has 1 aromatic carbocycles. The molecule has 7 nitrogen and oxygen atoms in total. The van der Waals surface area contributed by atoms with Crippen LogP contribution in [0.15, 0.2) is 36.7 Å². The zero-order valence-corrected chi connectivity index (χ0v) is 15.5. The minimum atomic E-state index is -0.0889. The van der Waals surface area contributed by atoms with Crippen molar-refractivity contribution in [2.75, 3.05) is 25.0 Å². The average Bonchev–Trinajstić information content (AvgIpc) is 3.01. The number of pyridine rings is 1. The highest BCUT2D eigenvalue weighted by Crippen LogP contribution is 2.25. The lowest BCUT2D eigenvalue weighted by molar-refractivity contribution is -0.119. The second kappa shape index (κ2) is 7.46. The van der Waals surface area contributed by atoms with E-state index >= 15 is 0 Å². The van der Waals surface area contributed by atoms with Crippen LogP contribution in [0.1, 0.15) is 12.2 Å². The molecule has 3 aromatic rings. The number of fused-ring (bicyclic) bond motifs is 1. The highest BCUT2D eigenvalue weighted by atomic mass is 16.5. The van der Waals surface area contributed by atoms with Gasteiger partial charge in [0.05, 0.1) is 31.0 Å². The number of amides is 1. The van der Waals surface area contributed by atoms with Crippen LogP contribution < -0.4 is 10.6 Å². The number of hydrogen-bond donors (Lipinski definition) is 2. The fraction of sp³-hybridized carbons (Fsp3) is 0.350.